The first kappa shape index (κ1) is 26.2. The number of fused-ring (bicyclic) bond motifs is 1. The molecular weight excluding hydrogens is 522 g/mol. The number of hydrogen-bond donors (Lipinski definition) is 3. The van der Waals surface area contributed by atoms with E-state index in [1.807, 2.05) is 48.5 Å². The fraction of sp³-hybridized carbons (Fsp3) is 0.250. The summed E-state index contributed by atoms with van der Waals surface area (Å²) in [5, 5.41) is 10.2. The minimum Gasteiger partial charge on any atom is -0.354 e. The van der Waals surface area contributed by atoms with Crippen molar-refractivity contribution >= 4 is 55.9 Å². The Hall–Kier alpha value is -3.37. The first-order chi connectivity index (χ1) is 18.3. The Morgan fingerprint density at radius 2 is 1.74 bits per heavy atom. The van der Waals surface area contributed by atoms with Crippen molar-refractivity contribution in [3.63, 3.8) is 0 Å². The van der Waals surface area contributed by atoms with Crippen LogP contribution < -0.4 is 20.3 Å². The number of nitrogens with zero attached hydrogens (tertiary/aromatic N) is 2. The molecule has 3 aromatic carbocycles. The zero-order valence-corrected chi connectivity index (χ0v) is 22.6. The number of sulfonamides is 1. The third-order valence-corrected chi connectivity index (χ3v) is 8.12. The first-order valence-corrected chi connectivity index (χ1v) is 14.7. The highest BCUT2D eigenvalue weighted by Crippen LogP contribution is 2.38. The maximum atomic E-state index is 13.1. The van der Waals surface area contributed by atoms with Crippen molar-refractivity contribution in [3.05, 3.63) is 88.9 Å². The van der Waals surface area contributed by atoms with E-state index in [9.17, 15) is 13.2 Å². The number of halogens is 1. The van der Waals surface area contributed by atoms with Crippen LogP contribution >= 0.6 is 11.6 Å². The van der Waals surface area contributed by atoms with Gasteiger partial charge in [-0.05, 0) is 42.0 Å². The van der Waals surface area contributed by atoms with E-state index in [0.29, 0.717) is 40.8 Å². The summed E-state index contributed by atoms with van der Waals surface area (Å²) >= 11 is 6.15. The van der Waals surface area contributed by atoms with Gasteiger partial charge in [0.25, 0.3) is 5.91 Å². The van der Waals surface area contributed by atoms with Gasteiger partial charge >= 0.3 is 0 Å². The summed E-state index contributed by atoms with van der Waals surface area (Å²) in [6.07, 6.45) is 1.23. The summed E-state index contributed by atoms with van der Waals surface area (Å²) in [7, 11) is -3.46. The van der Waals surface area contributed by atoms with Crippen molar-refractivity contribution in [2.45, 2.75) is 0 Å². The van der Waals surface area contributed by atoms with E-state index < -0.39 is 10.0 Å². The van der Waals surface area contributed by atoms with Crippen LogP contribution in [0.5, 0.6) is 0 Å². The van der Waals surface area contributed by atoms with Crippen LogP contribution in [0.1, 0.15) is 11.1 Å². The van der Waals surface area contributed by atoms with Gasteiger partial charge in [0.1, 0.15) is 0 Å². The molecule has 0 spiro atoms. The molecule has 3 N–H and O–H groups in total. The smallest absolute Gasteiger partial charge is 0.258 e. The summed E-state index contributed by atoms with van der Waals surface area (Å²) in [5.41, 5.74) is 4.76. The second kappa shape index (κ2) is 11.2. The quantitative estimate of drug-likeness (QED) is 0.367. The average Bonchev–Trinajstić information content (AvgIpc) is 3.23. The van der Waals surface area contributed by atoms with Crippen molar-refractivity contribution < 1.29 is 13.2 Å². The summed E-state index contributed by atoms with van der Waals surface area (Å²) in [6, 6.07) is 22.2. The third-order valence-electron chi connectivity index (χ3n) is 6.69. The Labute approximate surface area is 228 Å². The van der Waals surface area contributed by atoms with Crippen molar-refractivity contribution in [1.29, 1.82) is 0 Å². The van der Waals surface area contributed by atoms with Gasteiger partial charge in [-0.25, -0.2) is 8.42 Å². The molecule has 0 atom stereocenters. The van der Waals surface area contributed by atoms with Crippen LogP contribution in [-0.4, -0.2) is 64.7 Å². The molecule has 10 heteroatoms. The minimum absolute atomic E-state index is 0.221. The molecular formula is C28H30ClN5O3S. The van der Waals surface area contributed by atoms with Crippen LogP contribution in [-0.2, 0) is 14.8 Å². The Kier molecular flexibility index (Phi) is 7.71. The van der Waals surface area contributed by atoms with E-state index in [-0.39, 0.29) is 5.91 Å². The molecule has 38 heavy (non-hydrogen) atoms. The Balaban J connectivity index is 1.44. The zero-order chi connectivity index (χ0) is 26.7. The van der Waals surface area contributed by atoms with Crippen LogP contribution in [0, 0.1) is 0 Å². The van der Waals surface area contributed by atoms with Crippen molar-refractivity contribution in [3.8, 4) is 0 Å². The topological polar surface area (TPSA) is 93.8 Å². The molecule has 2 aliphatic heterocycles. The molecule has 0 radical (unpaired) electrons. The molecule has 2 heterocycles. The number of rotatable bonds is 8. The average molecular weight is 552 g/mol. The van der Waals surface area contributed by atoms with Crippen LogP contribution in [0.4, 0.5) is 17.1 Å². The fourth-order valence-electron chi connectivity index (χ4n) is 4.79. The van der Waals surface area contributed by atoms with Crippen molar-refractivity contribution in [1.82, 2.24) is 10.2 Å². The largest absolute Gasteiger partial charge is 0.354 e. The van der Waals surface area contributed by atoms with E-state index in [4.69, 9.17) is 11.6 Å². The number of nitrogens with one attached hydrogen (secondary N) is 3. The van der Waals surface area contributed by atoms with E-state index in [1.54, 1.807) is 24.3 Å². The van der Waals surface area contributed by atoms with Crippen LogP contribution in [0.15, 0.2) is 72.8 Å². The summed E-state index contributed by atoms with van der Waals surface area (Å²) in [4.78, 5) is 15.3. The lowest BCUT2D eigenvalue weighted by Gasteiger charge is -2.30. The van der Waals surface area contributed by atoms with Gasteiger partial charge in [-0.1, -0.05) is 48.0 Å². The number of carbonyl (C=O) groups is 1. The number of piperazine rings is 1. The highest BCUT2D eigenvalue weighted by Gasteiger charge is 2.28. The van der Waals surface area contributed by atoms with Crippen molar-refractivity contribution in [2.75, 3.05) is 60.5 Å². The van der Waals surface area contributed by atoms with Gasteiger partial charge in [-0.3, -0.25) is 14.0 Å². The van der Waals surface area contributed by atoms with Gasteiger partial charge in [-0.2, -0.15) is 0 Å². The normalized spacial score (nSPS) is 17.1. The number of amides is 1. The molecule has 1 fully saturated rings. The van der Waals surface area contributed by atoms with Crippen molar-refractivity contribution in [2.24, 2.45) is 0 Å². The van der Waals surface area contributed by atoms with E-state index in [0.717, 1.165) is 43.0 Å². The standard InChI is InChI=1S/C28H30ClN5O3S/c1-38(36,37)34(18-17-33-15-13-30-14-16-33)23-10-8-22(9-11-23)31-27(20-5-3-2-4-6-20)26-24-12-7-21(29)19-25(24)32-28(26)35/h2-12,19,30-31H,13-18H2,1H3,(H,32,35). The molecule has 0 aliphatic carbocycles. The lowest BCUT2D eigenvalue weighted by atomic mass is 10.00. The van der Waals surface area contributed by atoms with Crippen LogP contribution in [0.3, 0.4) is 0 Å². The van der Waals surface area contributed by atoms with Gasteiger partial charge in [0.2, 0.25) is 10.0 Å². The SMILES string of the molecule is CS(=O)(=O)N(CCN1CCNCC1)c1ccc(NC(=C2C(=O)Nc3cc(Cl)ccc32)c2ccccc2)cc1. The molecule has 3 aromatic rings. The highest BCUT2D eigenvalue weighted by molar-refractivity contribution is 7.92. The fourth-order valence-corrected chi connectivity index (χ4v) is 5.88. The molecule has 5 rings (SSSR count). The van der Waals surface area contributed by atoms with Gasteiger partial charge in [-0.15, -0.1) is 0 Å². The summed E-state index contributed by atoms with van der Waals surface area (Å²) in [6.45, 7) is 4.67. The van der Waals surface area contributed by atoms with Gasteiger partial charge in [0.05, 0.1) is 28.9 Å². The molecule has 2 aliphatic rings. The molecule has 0 saturated carbocycles. The maximum absolute atomic E-state index is 13.1. The molecule has 8 nitrogen and oxygen atoms in total. The Bertz CT molecular complexity index is 1450. The summed E-state index contributed by atoms with van der Waals surface area (Å²) < 4.78 is 26.7. The molecule has 0 unspecified atom stereocenters. The van der Waals surface area contributed by atoms with Crippen LogP contribution in [0.2, 0.25) is 5.02 Å². The van der Waals surface area contributed by atoms with Gasteiger partial charge in [0, 0.05) is 55.5 Å². The van der Waals surface area contributed by atoms with E-state index >= 15 is 0 Å². The van der Waals surface area contributed by atoms with E-state index in [1.165, 1.54) is 10.6 Å². The van der Waals surface area contributed by atoms with Gasteiger partial charge in [0.15, 0.2) is 0 Å². The van der Waals surface area contributed by atoms with E-state index in [2.05, 4.69) is 20.9 Å². The lowest BCUT2D eigenvalue weighted by molar-refractivity contribution is -0.110. The Morgan fingerprint density at radius 1 is 1.03 bits per heavy atom. The predicted octanol–water partition coefficient (Wildman–Crippen LogP) is 3.94. The lowest BCUT2D eigenvalue weighted by Crippen LogP contribution is -2.47. The molecule has 1 saturated heterocycles. The zero-order valence-electron chi connectivity index (χ0n) is 21.1. The van der Waals surface area contributed by atoms with Crippen LogP contribution in [0.25, 0.3) is 11.3 Å². The Morgan fingerprint density at radius 3 is 2.42 bits per heavy atom. The highest BCUT2D eigenvalue weighted by atomic mass is 35.5. The monoisotopic (exact) mass is 551 g/mol. The first-order valence-electron chi connectivity index (χ1n) is 12.5. The molecule has 1 amide bonds. The number of hydrogen-bond acceptors (Lipinski definition) is 6. The third kappa shape index (κ3) is 5.86. The number of benzene rings is 3. The molecule has 0 bridgehead atoms. The maximum Gasteiger partial charge on any atom is 0.258 e. The second-order valence-corrected chi connectivity index (χ2v) is 11.7. The summed E-state index contributed by atoms with van der Waals surface area (Å²) in [5.74, 6) is -0.221. The van der Waals surface area contributed by atoms with Gasteiger partial charge < -0.3 is 16.0 Å². The minimum atomic E-state index is -3.46. The number of carbonyl (C=O) groups excluding carboxylic acids is 1. The molecule has 0 aromatic heterocycles. The number of anilines is 3. The second-order valence-electron chi connectivity index (χ2n) is 9.36. The molecule has 198 valence electrons. The predicted molar refractivity (Wildman–Crippen MR) is 155 cm³/mol.